The molecule has 0 spiro atoms. The van der Waals surface area contributed by atoms with Gasteiger partial charge in [-0.05, 0) is 25.1 Å². The monoisotopic (exact) mass is 301 g/mol. The average molecular weight is 301 g/mol. The minimum Gasteiger partial charge on any atom is -0.495 e. The Kier molecular flexibility index (Phi) is 5.34. The largest absolute Gasteiger partial charge is 0.495 e. The molecule has 0 aliphatic carbocycles. The van der Waals surface area contributed by atoms with Crippen molar-refractivity contribution in [3.05, 3.63) is 18.2 Å². The van der Waals surface area contributed by atoms with Crippen LogP contribution in [0.2, 0.25) is 0 Å². The van der Waals surface area contributed by atoms with E-state index in [-0.39, 0.29) is 4.90 Å². The number of benzene rings is 1. The minimum absolute atomic E-state index is 0.0788. The van der Waals surface area contributed by atoms with E-state index in [9.17, 15) is 13.2 Å². The Labute approximate surface area is 119 Å². The highest BCUT2D eigenvalue weighted by molar-refractivity contribution is 7.89. The molecule has 1 aromatic carbocycles. The maximum atomic E-state index is 12.1. The van der Waals surface area contributed by atoms with Gasteiger partial charge in [-0.1, -0.05) is 0 Å². The van der Waals surface area contributed by atoms with Crippen molar-refractivity contribution in [2.75, 3.05) is 33.1 Å². The van der Waals surface area contributed by atoms with Gasteiger partial charge in [-0.2, -0.15) is 0 Å². The summed E-state index contributed by atoms with van der Waals surface area (Å²) < 4.78 is 30.3. The van der Waals surface area contributed by atoms with Gasteiger partial charge < -0.3 is 15.4 Å². The Morgan fingerprint density at radius 1 is 1.35 bits per heavy atom. The number of hydrogen-bond acceptors (Lipinski definition) is 4. The van der Waals surface area contributed by atoms with E-state index in [1.54, 1.807) is 6.92 Å². The molecule has 1 aromatic rings. The second kappa shape index (κ2) is 6.58. The summed E-state index contributed by atoms with van der Waals surface area (Å²) in [4.78, 5) is 11.6. The highest BCUT2D eigenvalue weighted by atomic mass is 32.2. The molecule has 0 heterocycles. The Bertz CT molecular complexity index is 584. The summed E-state index contributed by atoms with van der Waals surface area (Å²) in [7, 11) is 0.758. The van der Waals surface area contributed by atoms with Crippen molar-refractivity contribution in [1.82, 2.24) is 9.62 Å². The van der Waals surface area contributed by atoms with Crippen molar-refractivity contribution in [2.45, 2.75) is 11.8 Å². The molecule has 0 bridgehead atoms. The van der Waals surface area contributed by atoms with Crippen LogP contribution >= 0.6 is 0 Å². The van der Waals surface area contributed by atoms with Crippen LogP contribution < -0.4 is 15.4 Å². The molecule has 0 atom stereocenters. The number of nitrogens with zero attached hydrogens (tertiary/aromatic N) is 1. The summed E-state index contributed by atoms with van der Waals surface area (Å²) in [6.07, 6.45) is 0. The smallest absolute Gasteiger partial charge is 0.319 e. The Morgan fingerprint density at radius 3 is 2.50 bits per heavy atom. The van der Waals surface area contributed by atoms with Gasteiger partial charge in [0.05, 0.1) is 17.7 Å². The van der Waals surface area contributed by atoms with Gasteiger partial charge in [-0.25, -0.2) is 17.5 Å². The summed E-state index contributed by atoms with van der Waals surface area (Å²) >= 11 is 0. The topological polar surface area (TPSA) is 87.7 Å². The fourth-order valence-corrected chi connectivity index (χ4v) is 2.41. The fourth-order valence-electron chi connectivity index (χ4n) is 1.48. The van der Waals surface area contributed by atoms with Gasteiger partial charge in [0.1, 0.15) is 5.75 Å². The van der Waals surface area contributed by atoms with E-state index in [4.69, 9.17) is 4.74 Å². The van der Waals surface area contributed by atoms with E-state index >= 15 is 0 Å². The molecule has 0 unspecified atom stereocenters. The van der Waals surface area contributed by atoms with E-state index < -0.39 is 16.1 Å². The van der Waals surface area contributed by atoms with Gasteiger partial charge >= 0.3 is 6.03 Å². The van der Waals surface area contributed by atoms with Crippen molar-refractivity contribution < 1.29 is 17.9 Å². The van der Waals surface area contributed by atoms with E-state index in [1.807, 2.05) is 0 Å². The zero-order valence-corrected chi connectivity index (χ0v) is 12.7. The number of ether oxygens (including phenoxy) is 1. The third kappa shape index (κ3) is 3.61. The number of carbonyl (C=O) groups is 1. The lowest BCUT2D eigenvalue weighted by molar-refractivity contribution is 0.252. The first-order valence-corrected chi connectivity index (χ1v) is 7.42. The van der Waals surface area contributed by atoms with Crippen molar-refractivity contribution >= 4 is 21.7 Å². The van der Waals surface area contributed by atoms with Crippen LogP contribution in [0.3, 0.4) is 0 Å². The van der Waals surface area contributed by atoms with Crippen molar-refractivity contribution in [3.8, 4) is 5.75 Å². The van der Waals surface area contributed by atoms with Gasteiger partial charge in [-0.15, -0.1) is 0 Å². The molecule has 20 heavy (non-hydrogen) atoms. The standard InChI is InChI=1S/C12H19N3O4S/c1-5-13-12(16)14-10-8-9(6-7-11(10)19-4)20(17,18)15(2)3/h6-8H,5H2,1-4H3,(H2,13,14,16). The quantitative estimate of drug-likeness (QED) is 0.852. The van der Waals surface area contributed by atoms with Crippen LogP contribution in [0.5, 0.6) is 5.75 Å². The van der Waals surface area contributed by atoms with Crippen LogP contribution in [0, 0.1) is 0 Å². The third-order valence-electron chi connectivity index (χ3n) is 2.54. The van der Waals surface area contributed by atoms with E-state index in [1.165, 1.54) is 39.4 Å². The first kappa shape index (κ1) is 16.3. The van der Waals surface area contributed by atoms with Gasteiger partial charge in [0, 0.05) is 20.6 Å². The van der Waals surface area contributed by atoms with Crippen LogP contribution in [0.15, 0.2) is 23.1 Å². The maximum absolute atomic E-state index is 12.1. The molecular weight excluding hydrogens is 282 g/mol. The number of nitrogens with one attached hydrogen (secondary N) is 2. The lowest BCUT2D eigenvalue weighted by Crippen LogP contribution is -2.28. The fraction of sp³-hybridized carbons (Fsp3) is 0.417. The van der Waals surface area contributed by atoms with Crippen LogP contribution in [-0.4, -0.2) is 46.5 Å². The first-order valence-electron chi connectivity index (χ1n) is 5.98. The van der Waals surface area contributed by atoms with Crippen LogP contribution in [0.4, 0.5) is 10.5 Å². The molecule has 0 saturated carbocycles. The molecule has 0 aliphatic rings. The molecule has 0 radical (unpaired) electrons. The Hall–Kier alpha value is -1.80. The van der Waals surface area contributed by atoms with Crippen molar-refractivity contribution in [1.29, 1.82) is 0 Å². The molecule has 7 nitrogen and oxygen atoms in total. The van der Waals surface area contributed by atoms with Gasteiger partial charge in [-0.3, -0.25) is 0 Å². The van der Waals surface area contributed by atoms with E-state index in [2.05, 4.69) is 10.6 Å². The SMILES string of the molecule is CCNC(=O)Nc1cc(S(=O)(=O)N(C)C)ccc1OC. The number of anilines is 1. The lowest BCUT2D eigenvalue weighted by Gasteiger charge is -2.15. The molecule has 0 saturated heterocycles. The minimum atomic E-state index is -3.57. The molecule has 112 valence electrons. The summed E-state index contributed by atoms with van der Waals surface area (Å²) in [5.41, 5.74) is 0.293. The number of methoxy groups -OCH3 is 1. The molecule has 8 heteroatoms. The second-order valence-electron chi connectivity index (χ2n) is 4.13. The summed E-state index contributed by atoms with van der Waals surface area (Å²) in [6, 6.07) is 3.86. The average Bonchev–Trinajstić information content (AvgIpc) is 2.38. The molecule has 0 aliphatic heterocycles. The molecule has 0 fully saturated rings. The van der Waals surface area contributed by atoms with Crippen molar-refractivity contribution in [2.24, 2.45) is 0 Å². The normalized spacial score (nSPS) is 11.2. The second-order valence-corrected chi connectivity index (χ2v) is 6.29. The van der Waals surface area contributed by atoms with Crippen LogP contribution in [0.25, 0.3) is 0 Å². The number of urea groups is 1. The van der Waals surface area contributed by atoms with Crippen LogP contribution in [0.1, 0.15) is 6.92 Å². The van der Waals surface area contributed by atoms with Gasteiger partial charge in [0.15, 0.2) is 0 Å². The number of amides is 2. The molecule has 0 aromatic heterocycles. The predicted octanol–water partition coefficient (Wildman–Crippen LogP) is 1.09. The lowest BCUT2D eigenvalue weighted by atomic mass is 10.3. The molecular formula is C12H19N3O4S. The predicted molar refractivity (Wildman–Crippen MR) is 76.6 cm³/mol. The molecule has 2 amide bonds. The summed E-state index contributed by atoms with van der Waals surface area (Å²) in [6.45, 7) is 2.24. The van der Waals surface area contributed by atoms with E-state index in [0.717, 1.165) is 4.31 Å². The maximum Gasteiger partial charge on any atom is 0.319 e. The van der Waals surface area contributed by atoms with Gasteiger partial charge in [0.25, 0.3) is 0 Å². The number of sulfonamides is 1. The summed E-state index contributed by atoms with van der Waals surface area (Å²) in [5.74, 6) is 0.383. The third-order valence-corrected chi connectivity index (χ3v) is 4.35. The Morgan fingerprint density at radius 2 is 2.00 bits per heavy atom. The number of hydrogen-bond donors (Lipinski definition) is 2. The number of rotatable bonds is 5. The highest BCUT2D eigenvalue weighted by Gasteiger charge is 2.19. The van der Waals surface area contributed by atoms with Crippen LogP contribution in [-0.2, 0) is 10.0 Å². The Balaban J connectivity index is 3.19. The summed E-state index contributed by atoms with van der Waals surface area (Å²) in [5, 5.41) is 5.12. The first-order chi connectivity index (χ1) is 9.32. The highest BCUT2D eigenvalue weighted by Crippen LogP contribution is 2.28. The zero-order chi connectivity index (χ0) is 15.3. The zero-order valence-electron chi connectivity index (χ0n) is 11.9. The molecule has 2 N–H and O–H groups in total. The van der Waals surface area contributed by atoms with E-state index in [0.29, 0.717) is 18.0 Å². The number of carbonyl (C=O) groups excluding carboxylic acids is 1. The molecule has 1 rings (SSSR count). The van der Waals surface area contributed by atoms with Gasteiger partial charge in [0.2, 0.25) is 10.0 Å². The van der Waals surface area contributed by atoms with Crippen molar-refractivity contribution in [3.63, 3.8) is 0 Å².